The third kappa shape index (κ3) is 1.69. The van der Waals surface area contributed by atoms with E-state index in [1.807, 2.05) is 0 Å². The number of carbonyl (C=O) groups excluding carboxylic acids is 2. The van der Waals surface area contributed by atoms with Gasteiger partial charge in [0, 0.05) is 28.6 Å². The minimum absolute atomic E-state index is 0.0148. The Morgan fingerprint density at radius 1 is 1.14 bits per heavy atom. The average molecular weight is 316 g/mol. The van der Waals surface area contributed by atoms with Gasteiger partial charge in [-0.3, -0.25) is 9.59 Å². The summed E-state index contributed by atoms with van der Waals surface area (Å²) in [7, 11) is 0. The second-order valence-corrected chi connectivity index (χ2v) is 8.52. The summed E-state index contributed by atoms with van der Waals surface area (Å²) in [5.74, 6) is 1.73. The van der Waals surface area contributed by atoms with Gasteiger partial charge in [0.25, 0.3) is 0 Å². The molecular formula is C19H24O2S. The van der Waals surface area contributed by atoms with Crippen LogP contribution in [-0.4, -0.2) is 11.6 Å². The van der Waals surface area contributed by atoms with E-state index in [4.69, 9.17) is 0 Å². The van der Waals surface area contributed by atoms with Gasteiger partial charge in [-0.15, -0.1) is 12.6 Å². The zero-order chi connectivity index (χ0) is 15.7. The lowest BCUT2D eigenvalue weighted by Gasteiger charge is -2.52. The standard InChI is InChI=1S/C19H24O2S/c1-18-10-8-15(20)17(22)14(18)4-3-11-12-5-6-16(21)19(12,2)9-7-13(11)18/h7,11-12,22H,3-6,8-10H2,1-2H3/t11-,12-,18+,19-/m0/s1. The monoisotopic (exact) mass is 316 g/mol. The fraction of sp³-hybridized carbons (Fsp3) is 0.684. The van der Waals surface area contributed by atoms with Gasteiger partial charge in [0.15, 0.2) is 5.78 Å². The minimum atomic E-state index is -0.125. The van der Waals surface area contributed by atoms with Gasteiger partial charge in [-0.2, -0.15) is 0 Å². The van der Waals surface area contributed by atoms with Crippen molar-refractivity contribution in [2.75, 3.05) is 0 Å². The molecule has 3 heteroatoms. The van der Waals surface area contributed by atoms with Crippen molar-refractivity contribution in [2.45, 2.75) is 58.8 Å². The zero-order valence-corrected chi connectivity index (χ0v) is 14.3. The van der Waals surface area contributed by atoms with Gasteiger partial charge < -0.3 is 0 Å². The summed E-state index contributed by atoms with van der Waals surface area (Å²) in [5, 5.41) is 0. The third-order valence-corrected chi connectivity index (χ3v) is 7.70. The molecule has 0 aromatic rings. The van der Waals surface area contributed by atoms with E-state index < -0.39 is 0 Å². The molecule has 4 aliphatic rings. The molecule has 0 radical (unpaired) electrons. The van der Waals surface area contributed by atoms with Crippen LogP contribution >= 0.6 is 12.6 Å². The molecule has 2 saturated carbocycles. The van der Waals surface area contributed by atoms with Crippen LogP contribution in [0.3, 0.4) is 0 Å². The maximum atomic E-state index is 12.4. The molecule has 0 bridgehead atoms. The fourth-order valence-corrected chi connectivity index (χ4v) is 6.23. The summed E-state index contributed by atoms with van der Waals surface area (Å²) in [6, 6.07) is 0. The average Bonchev–Trinajstić information content (AvgIpc) is 2.79. The number of hydrogen-bond donors (Lipinski definition) is 1. The van der Waals surface area contributed by atoms with Crippen molar-refractivity contribution in [2.24, 2.45) is 22.7 Å². The highest BCUT2D eigenvalue weighted by molar-refractivity contribution is 7.85. The lowest BCUT2D eigenvalue weighted by atomic mass is 9.52. The number of allylic oxidation sites excluding steroid dienone is 4. The Kier molecular flexibility index (Phi) is 3.08. The summed E-state index contributed by atoms with van der Waals surface area (Å²) in [5.41, 5.74) is 2.67. The SMILES string of the molecule is C[C@]12CCC(=O)C(S)=C1CC[C@@H]1C2=CC[C@]2(C)C(=O)CC[C@@H]12. The van der Waals surface area contributed by atoms with Crippen molar-refractivity contribution >= 4 is 24.2 Å². The fourth-order valence-electron chi connectivity index (χ4n) is 5.76. The summed E-state index contributed by atoms with van der Waals surface area (Å²) in [6.45, 7) is 4.49. The van der Waals surface area contributed by atoms with E-state index in [0.717, 1.165) is 43.4 Å². The maximum absolute atomic E-state index is 12.4. The lowest BCUT2D eigenvalue weighted by Crippen LogP contribution is -2.45. The van der Waals surface area contributed by atoms with Crippen LogP contribution in [0, 0.1) is 22.7 Å². The van der Waals surface area contributed by atoms with Crippen LogP contribution in [0.1, 0.15) is 58.8 Å². The smallest absolute Gasteiger partial charge is 0.168 e. The van der Waals surface area contributed by atoms with Crippen LogP contribution < -0.4 is 0 Å². The highest BCUT2D eigenvalue weighted by atomic mass is 32.1. The van der Waals surface area contributed by atoms with E-state index in [2.05, 4.69) is 32.6 Å². The van der Waals surface area contributed by atoms with Gasteiger partial charge in [0.1, 0.15) is 5.78 Å². The van der Waals surface area contributed by atoms with Gasteiger partial charge in [-0.1, -0.05) is 25.5 Å². The van der Waals surface area contributed by atoms with Crippen LogP contribution in [0.15, 0.2) is 22.1 Å². The van der Waals surface area contributed by atoms with E-state index >= 15 is 0 Å². The Bertz CT molecular complexity index is 644. The van der Waals surface area contributed by atoms with Crippen molar-refractivity contribution in [3.63, 3.8) is 0 Å². The molecule has 0 aromatic carbocycles. The van der Waals surface area contributed by atoms with Crippen molar-refractivity contribution in [3.8, 4) is 0 Å². The third-order valence-electron chi connectivity index (χ3n) is 7.18. The molecule has 2 fully saturated rings. The predicted octanol–water partition coefficient (Wildman–Crippen LogP) is 4.27. The number of hydrogen-bond acceptors (Lipinski definition) is 3. The van der Waals surface area contributed by atoms with Crippen LogP contribution in [0.4, 0.5) is 0 Å². The Hall–Kier alpha value is -0.830. The largest absolute Gasteiger partial charge is 0.299 e. The van der Waals surface area contributed by atoms with Crippen molar-refractivity contribution in [1.29, 1.82) is 0 Å². The number of Topliss-reactive ketones (excluding diaryl/α,β-unsaturated/α-hetero) is 2. The maximum Gasteiger partial charge on any atom is 0.168 e. The molecule has 0 saturated heterocycles. The molecule has 4 atom stereocenters. The molecule has 4 rings (SSSR count). The van der Waals surface area contributed by atoms with E-state index in [1.165, 1.54) is 11.1 Å². The molecule has 0 aliphatic heterocycles. The summed E-state index contributed by atoms with van der Waals surface area (Å²) < 4.78 is 0. The second-order valence-electron chi connectivity index (χ2n) is 8.08. The molecular weight excluding hydrogens is 292 g/mol. The van der Waals surface area contributed by atoms with Gasteiger partial charge in [-0.25, -0.2) is 0 Å². The minimum Gasteiger partial charge on any atom is -0.299 e. The normalized spacial score (nSPS) is 44.4. The molecule has 4 aliphatic carbocycles. The number of ketones is 2. The van der Waals surface area contributed by atoms with Gasteiger partial charge in [0.2, 0.25) is 0 Å². The highest BCUT2D eigenvalue weighted by Crippen LogP contribution is 2.62. The van der Waals surface area contributed by atoms with E-state index in [-0.39, 0.29) is 16.6 Å². The number of rotatable bonds is 0. The first kappa shape index (κ1) is 14.7. The molecule has 0 N–H and O–H groups in total. The Morgan fingerprint density at radius 2 is 1.91 bits per heavy atom. The Balaban J connectivity index is 1.81. The van der Waals surface area contributed by atoms with Crippen LogP contribution in [-0.2, 0) is 9.59 Å². The van der Waals surface area contributed by atoms with E-state index in [0.29, 0.717) is 24.0 Å². The molecule has 0 heterocycles. The lowest BCUT2D eigenvalue weighted by molar-refractivity contribution is -0.127. The number of thiol groups is 1. The van der Waals surface area contributed by atoms with Crippen molar-refractivity contribution in [1.82, 2.24) is 0 Å². The zero-order valence-electron chi connectivity index (χ0n) is 13.4. The highest BCUT2D eigenvalue weighted by Gasteiger charge is 2.56. The summed E-state index contributed by atoms with van der Waals surface area (Å²) >= 11 is 4.54. The van der Waals surface area contributed by atoms with Crippen LogP contribution in [0.25, 0.3) is 0 Å². The summed E-state index contributed by atoms with van der Waals surface area (Å²) in [4.78, 5) is 25.1. The van der Waals surface area contributed by atoms with Crippen LogP contribution in [0.2, 0.25) is 0 Å². The van der Waals surface area contributed by atoms with Crippen molar-refractivity contribution < 1.29 is 9.59 Å². The first-order chi connectivity index (χ1) is 10.4. The van der Waals surface area contributed by atoms with Gasteiger partial charge in [0.05, 0.1) is 0 Å². The number of fused-ring (bicyclic) bond motifs is 5. The molecule has 2 nitrogen and oxygen atoms in total. The molecule has 0 amide bonds. The Morgan fingerprint density at radius 3 is 2.68 bits per heavy atom. The van der Waals surface area contributed by atoms with E-state index in [9.17, 15) is 9.59 Å². The molecule has 0 unspecified atom stereocenters. The topological polar surface area (TPSA) is 34.1 Å². The molecule has 118 valence electrons. The molecule has 22 heavy (non-hydrogen) atoms. The van der Waals surface area contributed by atoms with Crippen molar-refractivity contribution in [3.05, 3.63) is 22.1 Å². The molecule has 0 aromatic heterocycles. The Labute approximate surface area is 137 Å². The predicted molar refractivity (Wildman–Crippen MR) is 89.6 cm³/mol. The van der Waals surface area contributed by atoms with E-state index in [1.54, 1.807) is 0 Å². The number of carbonyl (C=O) groups is 2. The first-order valence-corrected chi connectivity index (χ1v) is 9.02. The van der Waals surface area contributed by atoms with Gasteiger partial charge in [-0.05, 0) is 49.5 Å². The molecule has 0 spiro atoms. The van der Waals surface area contributed by atoms with Gasteiger partial charge >= 0.3 is 0 Å². The van der Waals surface area contributed by atoms with Crippen LogP contribution in [0.5, 0.6) is 0 Å². The summed E-state index contributed by atoms with van der Waals surface area (Å²) in [6.07, 6.45) is 8.66. The quantitative estimate of drug-likeness (QED) is 0.535. The second kappa shape index (κ2) is 4.59. The first-order valence-electron chi connectivity index (χ1n) is 8.57.